The molecule has 4 nitrogen and oxygen atoms in total. The molecule has 0 aromatic heterocycles. The monoisotopic (exact) mass is 206 g/mol. The number of benzene rings is 1. The molecule has 1 aromatic carbocycles. The number of carbonyl (C=O) groups excluding carboxylic acids is 1. The highest BCUT2D eigenvalue weighted by molar-refractivity contribution is 5.98. The summed E-state index contributed by atoms with van der Waals surface area (Å²) < 4.78 is 0. The van der Waals surface area contributed by atoms with Crippen LogP contribution >= 0.6 is 0 Å². The number of carbonyl (C=O) groups is 1. The van der Waals surface area contributed by atoms with Gasteiger partial charge in [-0.3, -0.25) is 4.79 Å². The second kappa shape index (κ2) is 5.14. The molecule has 1 atom stereocenters. The Balaban J connectivity index is 2.65. The molecule has 2 N–H and O–H groups in total. The average Bonchev–Trinajstić information content (AvgIpc) is 2.29. The lowest BCUT2D eigenvalue weighted by atomic mass is 10.2. The van der Waals surface area contributed by atoms with E-state index in [0.717, 1.165) is 0 Å². The topological polar surface area (TPSA) is 61.7 Å². The van der Waals surface area contributed by atoms with Crippen LogP contribution in [0, 0.1) is 0 Å². The van der Waals surface area contributed by atoms with Crippen LogP contribution in [0.2, 0.25) is 0 Å². The van der Waals surface area contributed by atoms with E-state index in [4.69, 9.17) is 5.21 Å². The van der Waals surface area contributed by atoms with Crippen LogP contribution in [0.5, 0.6) is 0 Å². The van der Waals surface area contributed by atoms with Crippen LogP contribution < -0.4 is 5.32 Å². The first-order chi connectivity index (χ1) is 7.15. The average molecular weight is 206 g/mol. The summed E-state index contributed by atoms with van der Waals surface area (Å²) in [6, 6.07) is 8.63. The fourth-order valence-corrected chi connectivity index (χ4v) is 1.06. The molecule has 0 aliphatic carbocycles. The Kier molecular flexibility index (Phi) is 3.85. The van der Waals surface area contributed by atoms with E-state index in [-0.39, 0.29) is 11.9 Å². The predicted molar refractivity (Wildman–Crippen MR) is 58.3 cm³/mol. The van der Waals surface area contributed by atoms with Crippen LogP contribution in [-0.2, 0) is 0 Å². The van der Waals surface area contributed by atoms with Crippen molar-refractivity contribution in [1.29, 1.82) is 0 Å². The Morgan fingerprint density at radius 1 is 1.40 bits per heavy atom. The SMILES string of the molecule is C/C(=N/O)[C@@H](C)NC(=O)c1ccccc1. The van der Waals surface area contributed by atoms with Crippen molar-refractivity contribution in [2.75, 3.05) is 0 Å². The first-order valence-electron chi connectivity index (χ1n) is 4.69. The second-order valence-corrected chi connectivity index (χ2v) is 3.30. The molecule has 0 bridgehead atoms. The Morgan fingerprint density at radius 3 is 2.53 bits per heavy atom. The van der Waals surface area contributed by atoms with Crippen molar-refractivity contribution in [1.82, 2.24) is 5.32 Å². The zero-order chi connectivity index (χ0) is 11.3. The third-order valence-corrected chi connectivity index (χ3v) is 2.17. The largest absolute Gasteiger partial charge is 0.411 e. The maximum atomic E-state index is 11.6. The number of hydrogen-bond acceptors (Lipinski definition) is 3. The van der Waals surface area contributed by atoms with Gasteiger partial charge in [0.15, 0.2) is 0 Å². The van der Waals surface area contributed by atoms with E-state index in [9.17, 15) is 4.79 Å². The maximum absolute atomic E-state index is 11.6. The summed E-state index contributed by atoms with van der Waals surface area (Å²) in [4.78, 5) is 11.6. The zero-order valence-electron chi connectivity index (χ0n) is 8.77. The molecule has 0 radical (unpaired) electrons. The molecule has 1 aromatic rings. The number of hydrogen-bond donors (Lipinski definition) is 2. The molecule has 0 aliphatic rings. The minimum absolute atomic E-state index is 0.175. The Bertz CT molecular complexity index is 360. The van der Waals surface area contributed by atoms with Crippen molar-refractivity contribution in [3.8, 4) is 0 Å². The maximum Gasteiger partial charge on any atom is 0.251 e. The van der Waals surface area contributed by atoms with Gasteiger partial charge in [-0.15, -0.1) is 0 Å². The van der Waals surface area contributed by atoms with Gasteiger partial charge in [-0.1, -0.05) is 23.4 Å². The highest BCUT2D eigenvalue weighted by Crippen LogP contribution is 1.99. The molecule has 0 saturated carbocycles. The third-order valence-electron chi connectivity index (χ3n) is 2.17. The summed E-state index contributed by atoms with van der Waals surface area (Å²) in [6.07, 6.45) is 0. The fraction of sp³-hybridized carbons (Fsp3) is 0.273. The van der Waals surface area contributed by atoms with Gasteiger partial charge in [0.1, 0.15) is 0 Å². The van der Waals surface area contributed by atoms with Gasteiger partial charge in [-0.25, -0.2) is 0 Å². The minimum atomic E-state index is -0.275. The predicted octanol–water partition coefficient (Wildman–Crippen LogP) is 1.66. The second-order valence-electron chi connectivity index (χ2n) is 3.30. The van der Waals surface area contributed by atoms with Gasteiger partial charge in [-0.05, 0) is 26.0 Å². The third kappa shape index (κ3) is 3.09. The lowest BCUT2D eigenvalue weighted by Gasteiger charge is -2.12. The van der Waals surface area contributed by atoms with E-state index in [1.165, 1.54) is 0 Å². The summed E-state index contributed by atoms with van der Waals surface area (Å²) in [7, 11) is 0. The van der Waals surface area contributed by atoms with E-state index in [2.05, 4.69) is 10.5 Å². The first-order valence-corrected chi connectivity index (χ1v) is 4.69. The summed E-state index contributed by atoms with van der Waals surface area (Å²) in [5.74, 6) is -0.175. The molecule has 0 saturated heterocycles. The molecular formula is C11H14N2O2. The molecule has 80 valence electrons. The lowest BCUT2D eigenvalue weighted by Crippen LogP contribution is -2.37. The summed E-state index contributed by atoms with van der Waals surface area (Å²) in [5, 5.41) is 14.3. The molecule has 1 amide bonds. The molecule has 0 spiro atoms. The Morgan fingerprint density at radius 2 is 2.00 bits per heavy atom. The fourth-order valence-electron chi connectivity index (χ4n) is 1.06. The summed E-state index contributed by atoms with van der Waals surface area (Å²) in [6.45, 7) is 3.41. The quantitative estimate of drug-likeness (QED) is 0.449. The van der Waals surface area contributed by atoms with Gasteiger partial charge in [0.2, 0.25) is 0 Å². The standard InChI is InChI=1S/C11H14N2O2/c1-8(9(2)13-15)12-11(14)10-6-4-3-5-7-10/h3-8,15H,1-2H3,(H,12,14)/b13-9-/t8-/m1/s1. The van der Waals surface area contributed by atoms with Crippen molar-refractivity contribution >= 4 is 11.6 Å². The Hall–Kier alpha value is -1.84. The van der Waals surface area contributed by atoms with Crippen molar-refractivity contribution in [2.24, 2.45) is 5.16 Å². The van der Waals surface area contributed by atoms with Crippen LogP contribution in [0.25, 0.3) is 0 Å². The van der Waals surface area contributed by atoms with Crippen LogP contribution in [-0.4, -0.2) is 22.9 Å². The smallest absolute Gasteiger partial charge is 0.251 e. The first kappa shape index (κ1) is 11.2. The molecule has 0 unspecified atom stereocenters. The van der Waals surface area contributed by atoms with Gasteiger partial charge in [0.25, 0.3) is 5.91 Å². The van der Waals surface area contributed by atoms with Crippen LogP contribution in [0.1, 0.15) is 24.2 Å². The molecule has 0 aliphatic heterocycles. The summed E-state index contributed by atoms with van der Waals surface area (Å²) >= 11 is 0. The van der Waals surface area contributed by atoms with Gasteiger partial charge in [-0.2, -0.15) is 0 Å². The summed E-state index contributed by atoms with van der Waals surface area (Å²) in [5.41, 5.74) is 1.06. The van der Waals surface area contributed by atoms with Gasteiger partial charge < -0.3 is 10.5 Å². The van der Waals surface area contributed by atoms with E-state index in [0.29, 0.717) is 11.3 Å². The highest BCUT2D eigenvalue weighted by atomic mass is 16.4. The van der Waals surface area contributed by atoms with Gasteiger partial charge in [0.05, 0.1) is 11.8 Å². The van der Waals surface area contributed by atoms with Crippen LogP contribution in [0.4, 0.5) is 0 Å². The van der Waals surface area contributed by atoms with Gasteiger partial charge in [0, 0.05) is 5.56 Å². The Labute approximate surface area is 88.6 Å². The molecule has 4 heteroatoms. The lowest BCUT2D eigenvalue weighted by molar-refractivity contribution is 0.0948. The van der Waals surface area contributed by atoms with E-state index in [1.807, 2.05) is 6.07 Å². The molecule has 0 heterocycles. The number of nitrogens with one attached hydrogen (secondary N) is 1. The highest BCUT2D eigenvalue weighted by Gasteiger charge is 2.11. The molecule has 0 fully saturated rings. The van der Waals surface area contributed by atoms with Crippen molar-refractivity contribution < 1.29 is 10.0 Å². The number of nitrogens with zero attached hydrogens (tertiary/aromatic N) is 1. The van der Waals surface area contributed by atoms with Crippen LogP contribution in [0.3, 0.4) is 0 Å². The molecule has 15 heavy (non-hydrogen) atoms. The van der Waals surface area contributed by atoms with Crippen molar-refractivity contribution in [2.45, 2.75) is 19.9 Å². The molecule has 1 rings (SSSR count). The number of rotatable bonds is 3. The van der Waals surface area contributed by atoms with E-state index in [1.54, 1.807) is 38.1 Å². The normalized spacial score (nSPS) is 13.3. The number of amides is 1. The molecular weight excluding hydrogens is 192 g/mol. The van der Waals surface area contributed by atoms with Crippen molar-refractivity contribution in [3.05, 3.63) is 35.9 Å². The van der Waals surface area contributed by atoms with E-state index < -0.39 is 0 Å². The number of oxime groups is 1. The van der Waals surface area contributed by atoms with Crippen molar-refractivity contribution in [3.63, 3.8) is 0 Å². The zero-order valence-corrected chi connectivity index (χ0v) is 8.77. The van der Waals surface area contributed by atoms with Crippen LogP contribution in [0.15, 0.2) is 35.5 Å². The van der Waals surface area contributed by atoms with E-state index >= 15 is 0 Å². The van der Waals surface area contributed by atoms with Gasteiger partial charge >= 0.3 is 0 Å². The minimum Gasteiger partial charge on any atom is -0.411 e.